The second kappa shape index (κ2) is 4.73. The van der Waals surface area contributed by atoms with Gasteiger partial charge in [0.15, 0.2) is 5.72 Å². The fourth-order valence-corrected chi connectivity index (χ4v) is 2.62. The summed E-state index contributed by atoms with van der Waals surface area (Å²) in [6.07, 6.45) is 5.47. The van der Waals surface area contributed by atoms with E-state index in [0.717, 1.165) is 37.2 Å². The molecule has 0 radical (unpaired) electrons. The molecule has 1 aliphatic carbocycles. The number of nitrogens with one attached hydrogen (secondary N) is 1. The van der Waals surface area contributed by atoms with E-state index >= 15 is 0 Å². The number of aliphatic imine (C=N–C) groups is 1. The van der Waals surface area contributed by atoms with Crippen LogP contribution in [0.4, 0.5) is 0 Å². The van der Waals surface area contributed by atoms with E-state index in [1.165, 1.54) is 12.8 Å². The van der Waals surface area contributed by atoms with Crippen LogP contribution < -0.4 is 5.32 Å². The maximum atomic E-state index is 11.0. The summed E-state index contributed by atoms with van der Waals surface area (Å²) in [5, 5.41) is 14.3. The van der Waals surface area contributed by atoms with Gasteiger partial charge in [0.2, 0.25) is 0 Å². The largest absolute Gasteiger partial charge is 0.367 e. The van der Waals surface area contributed by atoms with Crippen LogP contribution in [0.2, 0.25) is 0 Å². The Balaban J connectivity index is 1.85. The molecule has 0 spiro atoms. The van der Waals surface area contributed by atoms with Gasteiger partial charge in [0.1, 0.15) is 0 Å². The molecule has 2 aliphatic rings. The van der Waals surface area contributed by atoms with Gasteiger partial charge in [-0.2, -0.15) is 0 Å². The summed E-state index contributed by atoms with van der Waals surface area (Å²) < 4.78 is 0. The molecule has 1 fully saturated rings. The Hall–Kier alpha value is -1.35. The predicted octanol–water partition coefficient (Wildman–Crippen LogP) is 2.41. The molecular weight excluding hydrogens is 224 g/mol. The normalized spacial score (nSPS) is 23.1. The van der Waals surface area contributed by atoms with E-state index in [1.807, 2.05) is 30.3 Å². The quantitative estimate of drug-likeness (QED) is 0.802. The number of benzene rings is 1. The first-order valence-corrected chi connectivity index (χ1v) is 6.88. The maximum Gasteiger partial charge on any atom is 0.165 e. The van der Waals surface area contributed by atoms with Crippen molar-refractivity contribution in [2.75, 3.05) is 6.54 Å². The molecule has 2 N–H and O–H groups in total. The highest BCUT2D eigenvalue weighted by molar-refractivity contribution is 5.83. The number of rotatable bonds is 3. The van der Waals surface area contributed by atoms with E-state index < -0.39 is 5.72 Å². The molecule has 3 heteroatoms. The predicted molar refractivity (Wildman–Crippen MR) is 72.4 cm³/mol. The molecule has 3 nitrogen and oxygen atoms in total. The van der Waals surface area contributed by atoms with Crippen molar-refractivity contribution in [2.45, 2.75) is 37.8 Å². The number of aliphatic hydroxyl groups is 1. The summed E-state index contributed by atoms with van der Waals surface area (Å²) in [6.45, 7) is 0.887. The van der Waals surface area contributed by atoms with Crippen LogP contribution >= 0.6 is 0 Å². The SMILES string of the molecule is OC(NC1=NCCCC1)(c1ccccc1)C1CC1. The van der Waals surface area contributed by atoms with Crippen LogP contribution in [0.15, 0.2) is 35.3 Å². The van der Waals surface area contributed by atoms with E-state index in [-0.39, 0.29) is 0 Å². The zero-order valence-electron chi connectivity index (χ0n) is 10.6. The van der Waals surface area contributed by atoms with Crippen molar-refractivity contribution in [1.82, 2.24) is 5.32 Å². The monoisotopic (exact) mass is 244 g/mol. The van der Waals surface area contributed by atoms with E-state index in [1.54, 1.807) is 0 Å². The average Bonchev–Trinajstić information content (AvgIpc) is 3.25. The van der Waals surface area contributed by atoms with Crippen molar-refractivity contribution in [1.29, 1.82) is 0 Å². The lowest BCUT2D eigenvalue weighted by Gasteiger charge is -2.32. The number of hydrogen-bond donors (Lipinski definition) is 2. The fourth-order valence-electron chi connectivity index (χ4n) is 2.62. The molecule has 3 rings (SSSR count). The Morgan fingerprint density at radius 3 is 2.56 bits per heavy atom. The molecule has 0 amide bonds. The zero-order chi connectivity index (χ0) is 12.4. The lowest BCUT2D eigenvalue weighted by atomic mass is 9.97. The topological polar surface area (TPSA) is 44.6 Å². The number of hydrogen-bond acceptors (Lipinski definition) is 3. The molecule has 0 saturated heterocycles. The first-order valence-electron chi connectivity index (χ1n) is 6.88. The molecule has 1 aromatic carbocycles. The van der Waals surface area contributed by atoms with Gasteiger partial charge in [-0.25, -0.2) is 0 Å². The van der Waals surface area contributed by atoms with Crippen molar-refractivity contribution in [3.05, 3.63) is 35.9 Å². The van der Waals surface area contributed by atoms with Gasteiger partial charge in [0.05, 0.1) is 5.84 Å². The third-order valence-corrected chi connectivity index (χ3v) is 3.84. The van der Waals surface area contributed by atoms with Gasteiger partial charge in [-0.05, 0) is 25.7 Å². The third kappa shape index (κ3) is 2.27. The van der Waals surface area contributed by atoms with Crippen LogP contribution in [-0.2, 0) is 5.72 Å². The molecular formula is C15H20N2O. The first kappa shape index (κ1) is 11.7. The van der Waals surface area contributed by atoms with Gasteiger partial charge < -0.3 is 10.4 Å². The van der Waals surface area contributed by atoms with Crippen LogP contribution in [0.1, 0.15) is 37.7 Å². The Bertz CT molecular complexity index is 439. The highest BCUT2D eigenvalue weighted by Gasteiger charge is 2.45. The van der Waals surface area contributed by atoms with Crippen LogP contribution in [0.5, 0.6) is 0 Å². The molecule has 18 heavy (non-hydrogen) atoms. The first-order chi connectivity index (χ1) is 8.79. The van der Waals surface area contributed by atoms with Gasteiger partial charge in [0, 0.05) is 24.4 Å². The summed E-state index contributed by atoms with van der Waals surface area (Å²) in [6, 6.07) is 9.93. The lowest BCUT2D eigenvalue weighted by Crippen LogP contribution is -2.48. The van der Waals surface area contributed by atoms with Crippen LogP contribution in [0, 0.1) is 5.92 Å². The van der Waals surface area contributed by atoms with Crippen LogP contribution in [-0.4, -0.2) is 17.5 Å². The Morgan fingerprint density at radius 2 is 1.94 bits per heavy atom. The van der Waals surface area contributed by atoms with Crippen LogP contribution in [0.25, 0.3) is 0 Å². The van der Waals surface area contributed by atoms with E-state index in [4.69, 9.17) is 0 Å². The van der Waals surface area contributed by atoms with Crippen molar-refractivity contribution >= 4 is 5.84 Å². The minimum atomic E-state index is -0.919. The third-order valence-electron chi connectivity index (χ3n) is 3.84. The van der Waals surface area contributed by atoms with Gasteiger partial charge in [-0.3, -0.25) is 4.99 Å². The van der Waals surface area contributed by atoms with Crippen molar-refractivity contribution in [2.24, 2.45) is 10.9 Å². The van der Waals surface area contributed by atoms with E-state index in [2.05, 4.69) is 10.3 Å². The minimum Gasteiger partial charge on any atom is -0.367 e. The lowest BCUT2D eigenvalue weighted by molar-refractivity contribution is -0.00375. The molecule has 1 saturated carbocycles. The molecule has 96 valence electrons. The summed E-state index contributed by atoms with van der Waals surface area (Å²) in [4.78, 5) is 4.50. The molecule has 0 aromatic heterocycles. The fraction of sp³-hybridized carbons (Fsp3) is 0.533. The average molecular weight is 244 g/mol. The molecule has 1 aromatic rings. The minimum absolute atomic E-state index is 0.324. The van der Waals surface area contributed by atoms with Gasteiger partial charge in [-0.1, -0.05) is 30.3 Å². The van der Waals surface area contributed by atoms with Gasteiger partial charge in [0.25, 0.3) is 0 Å². The maximum absolute atomic E-state index is 11.0. The Labute approximate surface area is 108 Å². The molecule has 1 unspecified atom stereocenters. The Morgan fingerprint density at radius 1 is 1.17 bits per heavy atom. The van der Waals surface area contributed by atoms with E-state index in [0.29, 0.717) is 5.92 Å². The zero-order valence-corrected chi connectivity index (χ0v) is 10.6. The van der Waals surface area contributed by atoms with Crippen molar-refractivity contribution < 1.29 is 5.11 Å². The summed E-state index contributed by atoms with van der Waals surface area (Å²) in [7, 11) is 0. The summed E-state index contributed by atoms with van der Waals surface area (Å²) in [5.74, 6) is 1.30. The molecule has 1 heterocycles. The Kier molecular flexibility index (Phi) is 3.08. The second-order valence-corrected chi connectivity index (χ2v) is 5.32. The van der Waals surface area contributed by atoms with Crippen molar-refractivity contribution in [3.8, 4) is 0 Å². The number of nitrogens with zero attached hydrogens (tertiary/aromatic N) is 1. The van der Waals surface area contributed by atoms with Crippen LogP contribution in [0.3, 0.4) is 0 Å². The molecule has 1 aliphatic heterocycles. The smallest absolute Gasteiger partial charge is 0.165 e. The van der Waals surface area contributed by atoms with Gasteiger partial charge in [-0.15, -0.1) is 0 Å². The number of amidine groups is 1. The standard InChI is InChI=1S/C15H20N2O/c18-15(13-9-10-13,12-6-2-1-3-7-12)17-14-8-4-5-11-16-14/h1-3,6-7,13,18H,4-5,8-11H2,(H,16,17). The molecule has 1 atom stereocenters. The van der Waals surface area contributed by atoms with Gasteiger partial charge >= 0.3 is 0 Å². The highest BCUT2D eigenvalue weighted by atomic mass is 16.3. The molecule has 0 bridgehead atoms. The highest BCUT2D eigenvalue weighted by Crippen LogP contribution is 2.44. The summed E-state index contributed by atoms with van der Waals surface area (Å²) in [5.41, 5.74) is 0.0398. The van der Waals surface area contributed by atoms with E-state index in [9.17, 15) is 5.11 Å². The van der Waals surface area contributed by atoms with Crippen molar-refractivity contribution in [3.63, 3.8) is 0 Å². The summed E-state index contributed by atoms with van der Waals surface area (Å²) >= 11 is 0. The second-order valence-electron chi connectivity index (χ2n) is 5.32.